The molecule has 2 atom stereocenters. The van der Waals surface area contributed by atoms with Gasteiger partial charge in [-0.05, 0) is 26.0 Å². The number of hydrogen-bond acceptors (Lipinski definition) is 2. The molecule has 0 spiro atoms. The lowest BCUT2D eigenvalue weighted by Gasteiger charge is -2.30. The van der Waals surface area contributed by atoms with Crippen molar-refractivity contribution in [1.82, 2.24) is 0 Å². The van der Waals surface area contributed by atoms with Crippen LogP contribution in [0, 0.1) is 0 Å². The predicted octanol–water partition coefficient (Wildman–Crippen LogP) is 2.92. The molecule has 0 aromatic heterocycles. The zero-order valence-electron chi connectivity index (χ0n) is 7.67. The SMILES string of the molecule is CC1Nc2ccc(Cl)cc2OC1C. The van der Waals surface area contributed by atoms with Gasteiger partial charge >= 0.3 is 0 Å². The van der Waals surface area contributed by atoms with Gasteiger partial charge in [0.05, 0.1) is 11.7 Å². The Balaban J connectivity index is 2.37. The minimum atomic E-state index is 0.186. The van der Waals surface area contributed by atoms with Gasteiger partial charge < -0.3 is 10.1 Å². The van der Waals surface area contributed by atoms with Crippen molar-refractivity contribution < 1.29 is 4.74 Å². The fraction of sp³-hybridized carbons (Fsp3) is 0.400. The zero-order valence-corrected chi connectivity index (χ0v) is 8.43. The van der Waals surface area contributed by atoms with E-state index in [-0.39, 0.29) is 6.10 Å². The van der Waals surface area contributed by atoms with Crippen LogP contribution in [0.3, 0.4) is 0 Å². The second kappa shape index (κ2) is 3.11. The molecule has 70 valence electrons. The van der Waals surface area contributed by atoms with Gasteiger partial charge in [-0.15, -0.1) is 0 Å². The van der Waals surface area contributed by atoms with Crippen molar-refractivity contribution in [3.8, 4) is 5.75 Å². The maximum atomic E-state index is 5.85. The van der Waals surface area contributed by atoms with E-state index in [1.165, 1.54) is 0 Å². The Kier molecular flexibility index (Phi) is 2.08. The summed E-state index contributed by atoms with van der Waals surface area (Å²) in [5.74, 6) is 0.845. The third-order valence-electron chi connectivity index (χ3n) is 2.34. The average molecular weight is 198 g/mol. The van der Waals surface area contributed by atoms with Crippen molar-refractivity contribution in [3.63, 3.8) is 0 Å². The Hall–Kier alpha value is -0.890. The first kappa shape index (κ1) is 8.70. The van der Waals surface area contributed by atoms with Gasteiger partial charge in [0.1, 0.15) is 11.9 Å². The molecule has 1 aliphatic rings. The summed E-state index contributed by atoms with van der Waals surface area (Å²) in [5.41, 5.74) is 1.02. The van der Waals surface area contributed by atoms with Gasteiger partial charge in [-0.3, -0.25) is 0 Å². The fourth-order valence-electron chi connectivity index (χ4n) is 1.38. The topological polar surface area (TPSA) is 21.3 Å². The molecule has 1 heterocycles. The minimum absolute atomic E-state index is 0.186. The molecule has 1 N–H and O–H groups in total. The number of nitrogens with one attached hydrogen (secondary N) is 1. The second-order valence-electron chi connectivity index (χ2n) is 3.40. The number of ether oxygens (including phenoxy) is 1. The van der Waals surface area contributed by atoms with Crippen LogP contribution in [0.15, 0.2) is 18.2 Å². The molecular weight excluding hydrogens is 186 g/mol. The molecule has 13 heavy (non-hydrogen) atoms. The summed E-state index contributed by atoms with van der Waals surface area (Å²) < 4.78 is 5.68. The van der Waals surface area contributed by atoms with E-state index in [1.54, 1.807) is 0 Å². The van der Waals surface area contributed by atoms with E-state index >= 15 is 0 Å². The average Bonchev–Trinajstić information content (AvgIpc) is 2.08. The Morgan fingerprint density at radius 2 is 2.15 bits per heavy atom. The van der Waals surface area contributed by atoms with E-state index in [0.717, 1.165) is 11.4 Å². The molecule has 0 radical (unpaired) electrons. The van der Waals surface area contributed by atoms with E-state index in [0.29, 0.717) is 11.1 Å². The summed E-state index contributed by atoms with van der Waals surface area (Å²) in [5, 5.41) is 4.06. The Labute approximate surface area is 82.9 Å². The molecule has 0 bridgehead atoms. The molecule has 1 aromatic rings. The first-order chi connectivity index (χ1) is 6.16. The fourth-order valence-corrected chi connectivity index (χ4v) is 1.54. The number of hydrogen-bond donors (Lipinski definition) is 1. The first-order valence-electron chi connectivity index (χ1n) is 4.39. The van der Waals surface area contributed by atoms with Gasteiger partial charge in [0.2, 0.25) is 0 Å². The minimum Gasteiger partial charge on any atom is -0.486 e. The lowest BCUT2D eigenvalue weighted by Crippen LogP contribution is -2.36. The highest BCUT2D eigenvalue weighted by Gasteiger charge is 2.21. The molecule has 0 fully saturated rings. The first-order valence-corrected chi connectivity index (χ1v) is 4.77. The monoisotopic (exact) mass is 197 g/mol. The van der Waals surface area contributed by atoms with Crippen molar-refractivity contribution >= 4 is 17.3 Å². The second-order valence-corrected chi connectivity index (χ2v) is 3.83. The van der Waals surface area contributed by atoms with Crippen LogP contribution in [-0.4, -0.2) is 12.1 Å². The number of rotatable bonds is 0. The smallest absolute Gasteiger partial charge is 0.144 e. The van der Waals surface area contributed by atoms with E-state index in [9.17, 15) is 0 Å². The van der Waals surface area contributed by atoms with Crippen LogP contribution in [0.25, 0.3) is 0 Å². The molecule has 2 nitrogen and oxygen atoms in total. The van der Waals surface area contributed by atoms with Crippen LogP contribution in [0.1, 0.15) is 13.8 Å². The van der Waals surface area contributed by atoms with Crippen LogP contribution in [0.2, 0.25) is 5.02 Å². The van der Waals surface area contributed by atoms with Crippen LogP contribution < -0.4 is 10.1 Å². The van der Waals surface area contributed by atoms with Crippen LogP contribution >= 0.6 is 11.6 Å². The molecule has 0 saturated heterocycles. The zero-order chi connectivity index (χ0) is 9.42. The lowest BCUT2D eigenvalue weighted by atomic mass is 10.1. The standard InChI is InChI=1S/C10H12ClNO/c1-6-7(2)13-10-5-8(11)3-4-9(10)12-6/h3-7,12H,1-2H3. The molecule has 2 unspecified atom stereocenters. The van der Waals surface area contributed by atoms with Crippen molar-refractivity contribution in [3.05, 3.63) is 23.2 Å². The molecule has 1 aliphatic heterocycles. The van der Waals surface area contributed by atoms with Crippen molar-refractivity contribution in [2.24, 2.45) is 0 Å². The maximum Gasteiger partial charge on any atom is 0.144 e. The largest absolute Gasteiger partial charge is 0.486 e. The van der Waals surface area contributed by atoms with Gasteiger partial charge in [0.15, 0.2) is 0 Å². The molecular formula is C10H12ClNO. The highest BCUT2D eigenvalue weighted by atomic mass is 35.5. The third kappa shape index (κ3) is 1.59. The number of halogens is 1. The third-order valence-corrected chi connectivity index (χ3v) is 2.58. The van der Waals surface area contributed by atoms with Gasteiger partial charge in [0.25, 0.3) is 0 Å². The van der Waals surface area contributed by atoms with Crippen LogP contribution in [-0.2, 0) is 0 Å². The summed E-state index contributed by atoms with van der Waals surface area (Å²) >= 11 is 5.85. The van der Waals surface area contributed by atoms with Crippen molar-refractivity contribution in [2.45, 2.75) is 26.0 Å². The molecule has 0 aliphatic carbocycles. The van der Waals surface area contributed by atoms with Crippen LogP contribution in [0.5, 0.6) is 5.75 Å². The van der Waals surface area contributed by atoms with E-state index in [2.05, 4.69) is 12.2 Å². The predicted molar refractivity (Wildman–Crippen MR) is 54.6 cm³/mol. The van der Waals surface area contributed by atoms with E-state index in [1.807, 2.05) is 25.1 Å². The number of fused-ring (bicyclic) bond motifs is 1. The molecule has 1 aromatic carbocycles. The molecule has 3 heteroatoms. The van der Waals surface area contributed by atoms with E-state index in [4.69, 9.17) is 16.3 Å². The van der Waals surface area contributed by atoms with Crippen LogP contribution in [0.4, 0.5) is 5.69 Å². The highest BCUT2D eigenvalue weighted by molar-refractivity contribution is 6.30. The summed E-state index contributed by atoms with van der Waals surface area (Å²) in [6, 6.07) is 5.99. The molecule has 0 amide bonds. The van der Waals surface area contributed by atoms with Crippen molar-refractivity contribution in [1.29, 1.82) is 0 Å². The number of benzene rings is 1. The van der Waals surface area contributed by atoms with Gasteiger partial charge in [-0.1, -0.05) is 11.6 Å². The molecule has 0 saturated carbocycles. The summed E-state index contributed by atoms with van der Waals surface area (Å²) in [7, 11) is 0. The van der Waals surface area contributed by atoms with E-state index < -0.39 is 0 Å². The summed E-state index contributed by atoms with van der Waals surface area (Å²) in [4.78, 5) is 0. The van der Waals surface area contributed by atoms with Gasteiger partial charge in [0, 0.05) is 11.1 Å². The van der Waals surface area contributed by atoms with Gasteiger partial charge in [-0.25, -0.2) is 0 Å². The molecule has 2 rings (SSSR count). The summed E-state index contributed by atoms with van der Waals surface area (Å²) in [6.07, 6.45) is 0.186. The normalized spacial score (nSPS) is 25.8. The summed E-state index contributed by atoms with van der Waals surface area (Å²) in [6.45, 7) is 4.14. The van der Waals surface area contributed by atoms with Crippen molar-refractivity contribution in [2.75, 3.05) is 5.32 Å². The Bertz CT molecular complexity index is 327. The lowest BCUT2D eigenvalue weighted by molar-refractivity contribution is 0.194. The maximum absolute atomic E-state index is 5.85. The van der Waals surface area contributed by atoms with Gasteiger partial charge in [-0.2, -0.15) is 0 Å². The Morgan fingerprint density at radius 1 is 1.38 bits per heavy atom. The highest BCUT2D eigenvalue weighted by Crippen LogP contribution is 2.33. The number of anilines is 1. The quantitative estimate of drug-likeness (QED) is 0.691. The Morgan fingerprint density at radius 3 is 2.92 bits per heavy atom.